The van der Waals surface area contributed by atoms with E-state index in [1.165, 1.54) is 5.56 Å². The van der Waals surface area contributed by atoms with E-state index in [0.29, 0.717) is 0 Å². The van der Waals surface area contributed by atoms with Crippen molar-refractivity contribution < 1.29 is 5.11 Å². The number of aryl methyl sites for hydroxylation is 1. The van der Waals surface area contributed by atoms with Gasteiger partial charge >= 0.3 is 0 Å². The van der Waals surface area contributed by atoms with Gasteiger partial charge in [-0.2, -0.15) is 0 Å². The maximum Gasteiger partial charge on any atom is 0.225 e. The molecule has 1 saturated heterocycles. The fourth-order valence-corrected chi connectivity index (χ4v) is 3.30. The number of piperidine rings is 1. The van der Waals surface area contributed by atoms with Crippen LogP contribution in [-0.4, -0.2) is 34.8 Å². The molecule has 1 N–H and O–H groups in total. The maximum absolute atomic E-state index is 10.0. The van der Waals surface area contributed by atoms with Crippen molar-refractivity contribution in [2.45, 2.75) is 25.7 Å². The second-order valence-electron chi connectivity index (χ2n) is 6.22. The Labute approximate surface area is 131 Å². The van der Waals surface area contributed by atoms with E-state index in [9.17, 15) is 5.11 Å². The van der Waals surface area contributed by atoms with Crippen molar-refractivity contribution in [3.05, 3.63) is 54.4 Å². The van der Waals surface area contributed by atoms with Crippen LogP contribution >= 0.6 is 0 Å². The fraction of sp³-hybridized carbons (Fsp3) is 0.444. The summed E-state index contributed by atoms with van der Waals surface area (Å²) in [6.45, 7) is 2.03. The van der Waals surface area contributed by atoms with Gasteiger partial charge in [-0.1, -0.05) is 30.3 Å². The molecular formula is C18H23N3O. The highest BCUT2D eigenvalue weighted by Crippen LogP contribution is 2.35. The number of hydrogen-bond donors (Lipinski definition) is 1. The Bertz CT molecular complexity index is 575. The van der Waals surface area contributed by atoms with E-state index >= 15 is 0 Å². The van der Waals surface area contributed by atoms with Crippen molar-refractivity contribution in [2.75, 3.05) is 24.6 Å². The van der Waals surface area contributed by atoms with Gasteiger partial charge in [0.2, 0.25) is 5.95 Å². The molecule has 0 bridgehead atoms. The predicted octanol–water partition coefficient (Wildman–Crippen LogP) is 2.69. The zero-order chi connectivity index (χ0) is 15.3. The Kier molecular flexibility index (Phi) is 4.68. The van der Waals surface area contributed by atoms with E-state index in [2.05, 4.69) is 39.1 Å². The van der Waals surface area contributed by atoms with Gasteiger partial charge in [0.25, 0.3) is 0 Å². The molecule has 4 heteroatoms. The maximum atomic E-state index is 10.0. The van der Waals surface area contributed by atoms with Crippen molar-refractivity contribution in [1.29, 1.82) is 0 Å². The number of aliphatic hydroxyl groups excluding tert-OH is 1. The summed E-state index contributed by atoms with van der Waals surface area (Å²) >= 11 is 0. The summed E-state index contributed by atoms with van der Waals surface area (Å²) in [6.07, 6.45) is 7.71. The summed E-state index contributed by atoms with van der Waals surface area (Å²) in [5.74, 6) is 0.778. The monoisotopic (exact) mass is 297 g/mol. The molecule has 0 spiro atoms. The second kappa shape index (κ2) is 6.88. The SMILES string of the molecule is OC[C@@]1(CCc2ccccc2)CCCN(c2ncccn2)C1. The second-order valence-corrected chi connectivity index (χ2v) is 6.22. The molecule has 1 aromatic heterocycles. The smallest absolute Gasteiger partial charge is 0.225 e. The molecule has 2 aromatic rings. The van der Waals surface area contributed by atoms with E-state index in [-0.39, 0.29) is 12.0 Å². The summed E-state index contributed by atoms with van der Waals surface area (Å²) in [5.41, 5.74) is 1.29. The summed E-state index contributed by atoms with van der Waals surface area (Å²) < 4.78 is 0. The number of hydrogen-bond acceptors (Lipinski definition) is 4. The molecule has 2 heterocycles. The Hall–Kier alpha value is -1.94. The molecule has 0 unspecified atom stereocenters. The van der Waals surface area contributed by atoms with Crippen LogP contribution in [0.15, 0.2) is 48.8 Å². The van der Waals surface area contributed by atoms with E-state index in [1.807, 2.05) is 12.1 Å². The molecule has 116 valence electrons. The Balaban J connectivity index is 1.69. The fourth-order valence-electron chi connectivity index (χ4n) is 3.30. The zero-order valence-electron chi connectivity index (χ0n) is 12.9. The zero-order valence-corrected chi connectivity index (χ0v) is 12.9. The normalized spacial score (nSPS) is 21.8. The molecule has 1 fully saturated rings. The highest BCUT2D eigenvalue weighted by molar-refractivity contribution is 5.30. The van der Waals surface area contributed by atoms with Gasteiger partial charge < -0.3 is 10.0 Å². The van der Waals surface area contributed by atoms with Crippen LogP contribution in [0.25, 0.3) is 0 Å². The molecule has 3 rings (SSSR count). The predicted molar refractivity (Wildman–Crippen MR) is 87.8 cm³/mol. The van der Waals surface area contributed by atoms with Gasteiger partial charge in [-0.05, 0) is 37.3 Å². The number of aromatic nitrogens is 2. The van der Waals surface area contributed by atoms with Gasteiger partial charge in [-0.15, -0.1) is 0 Å². The molecule has 1 aromatic carbocycles. The van der Waals surface area contributed by atoms with Gasteiger partial charge in [0.1, 0.15) is 0 Å². The minimum absolute atomic E-state index is 0.0483. The van der Waals surface area contributed by atoms with Crippen LogP contribution < -0.4 is 4.90 Å². The van der Waals surface area contributed by atoms with Crippen LogP contribution in [0.2, 0.25) is 0 Å². The van der Waals surface area contributed by atoms with Crippen LogP contribution in [0.5, 0.6) is 0 Å². The third-order valence-electron chi connectivity index (χ3n) is 4.62. The minimum Gasteiger partial charge on any atom is -0.396 e. The highest BCUT2D eigenvalue weighted by atomic mass is 16.3. The van der Waals surface area contributed by atoms with E-state index < -0.39 is 0 Å². The molecule has 0 saturated carbocycles. The van der Waals surface area contributed by atoms with Gasteiger partial charge in [0.05, 0.1) is 6.61 Å². The van der Waals surface area contributed by atoms with Crippen LogP contribution in [0.1, 0.15) is 24.8 Å². The van der Waals surface area contributed by atoms with Crippen LogP contribution in [0.3, 0.4) is 0 Å². The number of nitrogens with zero attached hydrogens (tertiary/aromatic N) is 3. The Morgan fingerprint density at radius 2 is 1.86 bits per heavy atom. The lowest BCUT2D eigenvalue weighted by atomic mass is 9.76. The van der Waals surface area contributed by atoms with Crippen molar-refractivity contribution in [2.24, 2.45) is 5.41 Å². The summed E-state index contributed by atoms with van der Waals surface area (Å²) in [7, 11) is 0. The lowest BCUT2D eigenvalue weighted by Crippen LogP contribution is -2.46. The van der Waals surface area contributed by atoms with Gasteiger partial charge in [0.15, 0.2) is 0 Å². The van der Waals surface area contributed by atoms with Crippen LogP contribution in [0, 0.1) is 5.41 Å². The lowest BCUT2D eigenvalue weighted by molar-refractivity contribution is 0.0960. The first-order valence-electron chi connectivity index (χ1n) is 7.98. The van der Waals surface area contributed by atoms with Crippen LogP contribution in [0.4, 0.5) is 5.95 Å². The molecule has 22 heavy (non-hydrogen) atoms. The molecule has 1 aliphatic rings. The molecule has 1 atom stereocenters. The molecule has 4 nitrogen and oxygen atoms in total. The quantitative estimate of drug-likeness (QED) is 0.922. The van der Waals surface area contributed by atoms with Gasteiger partial charge in [-0.25, -0.2) is 9.97 Å². The third-order valence-corrected chi connectivity index (χ3v) is 4.62. The Morgan fingerprint density at radius 1 is 1.09 bits per heavy atom. The number of rotatable bonds is 5. The van der Waals surface area contributed by atoms with Crippen molar-refractivity contribution in [1.82, 2.24) is 9.97 Å². The Morgan fingerprint density at radius 3 is 2.59 bits per heavy atom. The van der Waals surface area contributed by atoms with E-state index in [0.717, 1.165) is 44.7 Å². The summed E-state index contributed by atoms with van der Waals surface area (Å²) in [6, 6.07) is 12.3. The number of aliphatic hydroxyl groups is 1. The number of anilines is 1. The van der Waals surface area contributed by atoms with Gasteiger partial charge in [-0.3, -0.25) is 0 Å². The molecule has 0 aliphatic carbocycles. The van der Waals surface area contributed by atoms with E-state index in [1.54, 1.807) is 12.4 Å². The molecule has 1 aliphatic heterocycles. The first-order valence-corrected chi connectivity index (χ1v) is 7.98. The average molecular weight is 297 g/mol. The topological polar surface area (TPSA) is 49.2 Å². The highest BCUT2D eigenvalue weighted by Gasteiger charge is 2.35. The standard InChI is InChI=1S/C18H23N3O/c22-15-18(10-8-16-6-2-1-3-7-16)9-4-13-21(14-18)17-19-11-5-12-20-17/h1-3,5-7,11-12,22H,4,8-10,13-15H2/t18-/m1/s1. The molecule has 0 amide bonds. The average Bonchev–Trinajstić information content (AvgIpc) is 2.62. The minimum atomic E-state index is -0.0483. The van der Waals surface area contributed by atoms with E-state index in [4.69, 9.17) is 0 Å². The van der Waals surface area contributed by atoms with Crippen molar-refractivity contribution in [3.8, 4) is 0 Å². The lowest BCUT2D eigenvalue weighted by Gasteiger charge is -2.42. The molecular weight excluding hydrogens is 274 g/mol. The first-order chi connectivity index (χ1) is 10.8. The molecule has 0 radical (unpaired) electrons. The van der Waals surface area contributed by atoms with Crippen molar-refractivity contribution >= 4 is 5.95 Å². The first kappa shape index (κ1) is 15.0. The number of benzene rings is 1. The van der Waals surface area contributed by atoms with Gasteiger partial charge in [0, 0.05) is 30.9 Å². The third kappa shape index (κ3) is 3.45. The summed E-state index contributed by atoms with van der Waals surface area (Å²) in [5, 5.41) is 10.0. The van der Waals surface area contributed by atoms with Crippen LogP contribution in [-0.2, 0) is 6.42 Å². The van der Waals surface area contributed by atoms with Crippen molar-refractivity contribution in [3.63, 3.8) is 0 Å². The largest absolute Gasteiger partial charge is 0.396 e. The summed E-state index contributed by atoms with van der Waals surface area (Å²) in [4.78, 5) is 10.9.